The van der Waals surface area contributed by atoms with Gasteiger partial charge in [-0.25, -0.2) is 4.68 Å². The molecule has 3 aromatic heterocycles. The summed E-state index contributed by atoms with van der Waals surface area (Å²) in [6, 6.07) is 14.2. The van der Waals surface area contributed by atoms with Crippen LogP contribution < -0.4 is 11.1 Å². The van der Waals surface area contributed by atoms with Crippen LogP contribution in [0.1, 0.15) is 20.2 Å². The minimum absolute atomic E-state index is 0.151. The minimum atomic E-state index is -0.611. The van der Waals surface area contributed by atoms with Gasteiger partial charge in [0.15, 0.2) is 0 Å². The summed E-state index contributed by atoms with van der Waals surface area (Å²) in [4.78, 5) is 25.4. The second kappa shape index (κ2) is 6.89. The Bertz CT molecular complexity index is 1110. The van der Waals surface area contributed by atoms with Crippen LogP contribution in [-0.2, 0) is 0 Å². The Morgan fingerprint density at radius 3 is 2.70 bits per heavy atom. The Balaban J connectivity index is 1.59. The van der Waals surface area contributed by atoms with Gasteiger partial charge < -0.3 is 11.1 Å². The SMILES string of the molecule is NC(=O)c1ccn(-c2ccccc2NC(=O)c2ccc(-c3ccn[nH]3)s2)n1. The second-order valence-electron chi connectivity index (χ2n) is 5.62. The van der Waals surface area contributed by atoms with Crippen LogP contribution in [-0.4, -0.2) is 31.8 Å². The van der Waals surface area contributed by atoms with Gasteiger partial charge in [0.1, 0.15) is 5.69 Å². The molecule has 2 amide bonds. The molecule has 0 atom stereocenters. The van der Waals surface area contributed by atoms with E-state index in [1.807, 2.05) is 24.3 Å². The number of aromatic nitrogens is 4. The molecule has 0 aliphatic carbocycles. The molecule has 4 N–H and O–H groups in total. The van der Waals surface area contributed by atoms with Gasteiger partial charge in [0.05, 0.1) is 26.8 Å². The van der Waals surface area contributed by atoms with E-state index in [4.69, 9.17) is 5.73 Å². The third kappa shape index (κ3) is 3.35. The molecule has 9 heteroatoms. The number of aromatic amines is 1. The summed E-state index contributed by atoms with van der Waals surface area (Å²) in [5.74, 6) is -0.847. The monoisotopic (exact) mass is 378 g/mol. The highest BCUT2D eigenvalue weighted by molar-refractivity contribution is 7.17. The fraction of sp³-hybridized carbons (Fsp3) is 0. The molecule has 0 unspecified atom stereocenters. The minimum Gasteiger partial charge on any atom is -0.364 e. The van der Waals surface area contributed by atoms with E-state index in [1.165, 1.54) is 22.1 Å². The Morgan fingerprint density at radius 2 is 1.96 bits per heavy atom. The van der Waals surface area contributed by atoms with Crippen molar-refractivity contribution < 1.29 is 9.59 Å². The van der Waals surface area contributed by atoms with Crippen LogP contribution in [0.25, 0.3) is 16.3 Å². The predicted molar refractivity (Wildman–Crippen MR) is 102 cm³/mol. The van der Waals surface area contributed by atoms with Gasteiger partial charge in [0.25, 0.3) is 11.8 Å². The maximum absolute atomic E-state index is 12.7. The van der Waals surface area contributed by atoms with Crippen LogP contribution in [0.2, 0.25) is 0 Å². The third-order valence-corrected chi connectivity index (χ3v) is 4.95. The molecule has 27 heavy (non-hydrogen) atoms. The zero-order valence-corrected chi connectivity index (χ0v) is 14.7. The molecule has 0 bridgehead atoms. The van der Waals surface area contributed by atoms with Crippen molar-refractivity contribution in [2.75, 3.05) is 5.32 Å². The van der Waals surface area contributed by atoms with Gasteiger partial charge in [0.2, 0.25) is 0 Å². The largest absolute Gasteiger partial charge is 0.364 e. The van der Waals surface area contributed by atoms with Crippen LogP contribution in [0.4, 0.5) is 5.69 Å². The van der Waals surface area contributed by atoms with E-state index in [-0.39, 0.29) is 11.6 Å². The number of H-pyrrole nitrogens is 1. The topological polar surface area (TPSA) is 119 Å². The molecule has 134 valence electrons. The molecule has 4 aromatic rings. The van der Waals surface area contributed by atoms with Crippen molar-refractivity contribution in [1.29, 1.82) is 0 Å². The summed E-state index contributed by atoms with van der Waals surface area (Å²) < 4.78 is 1.50. The summed E-state index contributed by atoms with van der Waals surface area (Å²) in [7, 11) is 0. The first-order valence-corrected chi connectivity index (χ1v) is 8.79. The van der Waals surface area contributed by atoms with Crippen LogP contribution in [0.3, 0.4) is 0 Å². The number of hydrogen-bond donors (Lipinski definition) is 3. The lowest BCUT2D eigenvalue weighted by molar-refractivity contribution is 0.0993. The molecule has 1 aromatic carbocycles. The zero-order valence-electron chi connectivity index (χ0n) is 13.9. The molecule has 0 saturated heterocycles. The molecular weight excluding hydrogens is 364 g/mol. The van der Waals surface area contributed by atoms with E-state index in [9.17, 15) is 9.59 Å². The molecule has 4 rings (SSSR count). The van der Waals surface area contributed by atoms with E-state index >= 15 is 0 Å². The van der Waals surface area contributed by atoms with Gasteiger partial charge in [-0.15, -0.1) is 11.3 Å². The molecule has 0 aliphatic rings. The van der Waals surface area contributed by atoms with Crippen molar-refractivity contribution in [2.45, 2.75) is 0 Å². The number of nitrogens with zero attached hydrogens (tertiary/aromatic N) is 3. The Morgan fingerprint density at radius 1 is 1.11 bits per heavy atom. The van der Waals surface area contributed by atoms with Crippen molar-refractivity contribution in [2.24, 2.45) is 5.73 Å². The number of nitrogens with two attached hydrogens (primary N) is 1. The molecule has 8 nitrogen and oxygen atoms in total. The van der Waals surface area contributed by atoms with Gasteiger partial charge >= 0.3 is 0 Å². The van der Waals surface area contributed by atoms with Crippen LogP contribution in [0.15, 0.2) is 60.9 Å². The van der Waals surface area contributed by atoms with Crippen LogP contribution in [0.5, 0.6) is 0 Å². The first kappa shape index (κ1) is 16.7. The third-order valence-electron chi connectivity index (χ3n) is 3.84. The number of carbonyl (C=O) groups is 2. The first-order valence-electron chi connectivity index (χ1n) is 7.97. The standard InChI is InChI=1S/C18H14N6O2S/c19-17(25)13-8-10-24(23-13)14-4-2-1-3-11(14)21-18(26)16-6-5-15(27-16)12-7-9-20-22-12/h1-10H,(H2,19,25)(H,20,22)(H,21,26). The number of rotatable bonds is 5. The lowest BCUT2D eigenvalue weighted by Gasteiger charge is -2.10. The number of hydrogen-bond acceptors (Lipinski definition) is 5. The van der Waals surface area contributed by atoms with Gasteiger partial charge in [-0.1, -0.05) is 12.1 Å². The molecule has 0 spiro atoms. The number of carbonyl (C=O) groups excluding carboxylic acids is 2. The number of anilines is 1. The Hall–Kier alpha value is -3.72. The summed E-state index contributed by atoms with van der Waals surface area (Å²) in [6.45, 7) is 0. The number of primary amides is 1. The van der Waals surface area contributed by atoms with E-state index in [0.29, 0.717) is 16.3 Å². The fourth-order valence-corrected chi connectivity index (χ4v) is 3.43. The van der Waals surface area contributed by atoms with Gasteiger partial charge in [-0.3, -0.25) is 14.7 Å². The smallest absolute Gasteiger partial charge is 0.269 e. The molecule has 0 saturated carbocycles. The zero-order chi connectivity index (χ0) is 18.8. The molecule has 0 radical (unpaired) electrons. The van der Waals surface area contributed by atoms with Crippen LogP contribution in [0, 0.1) is 0 Å². The van der Waals surface area contributed by atoms with E-state index < -0.39 is 5.91 Å². The van der Waals surface area contributed by atoms with Gasteiger partial charge in [-0.05, 0) is 36.4 Å². The summed E-state index contributed by atoms with van der Waals surface area (Å²) in [5, 5.41) is 13.8. The Kier molecular flexibility index (Phi) is 4.27. The lowest BCUT2D eigenvalue weighted by atomic mass is 10.2. The summed E-state index contributed by atoms with van der Waals surface area (Å²) in [6.07, 6.45) is 3.28. The maximum atomic E-state index is 12.7. The van der Waals surface area contributed by atoms with Crippen molar-refractivity contribution in [3.63, 3.8) is 0 Å². The first-order chi connectivity index (χ1) is 13.1. The van der Waals surface area contributed by atoms with E-state index in [0.717, 1.165) is 10.6 Å². The Labute approximate surface area is 157 Å². The van der Waals surface area contributed by atoms with E-state index in [2.05, 4.69) is 20.6 Å². The predicted octanol–water partition coefficient (Wildman–Crippen LogP) is 2.68. The molecule has 3 heterocycles. The molecule has 0 fully saturated rings. The van der Waals surface area contributed by atoms with Crippen molar-refractivity contribution in [3.05, 3.63) is 71.5 Å². The summed E-state index contributed by atoms with van der Waals surface area (Å²) in [5.41, 5.74) is 7.46. The highest BCUT2D eigenvalue weighted by atomic mass is 32.1. The van der Waals surface area contributed by atoms with Crippen LogP contribution >= 0.6 is 11.3 Å². The number of para-hydroxylation sites is 2. The highest BCUT2D eigenvalue weighted by Gasteiger charge is 2.14. The number of benzene rings is 1. The number of nitrogens with one attached hydrogen (secondary N) is 2. The number of thiophene rings is 1. The van der Waals surface area contributed by atoms with Gasteiger partial charge in [0, 0.05) is 12.4 Å². The van der Waals surface area contributed by atoms with Gasteiger partial charge in [-0.2, -0.15) is 10.2 Å². The van der Waals surface area contributed by atoms with Crippen molar-refractivity contribution in [1.82, 2.24) is 20.0 Å². The number of amides is 2. The average Bonchev–Trinajstić information content (AvgIpc) is 3.42. The summed E-state index contributed by atoms with van der Waals surface area (Å²) >= 11 is 1.36. The highest BCUT2D eigenvalue weighted by Crippen LogP contribution is 2.27. The average molecular weight is 378 g/mol. The normalized spacial score (nSPS) is 10.7. The maximum Gasteiger partial charge on any atom is 0.269 e. The van der Waals surface area contributed by atoms with Crippen molar-refractivity contribution >= 4 is 28.8 Å². The lowest BCUT2D eigenvalue weighted by Crippen LogP contribution is -2.14. The fourth-order valence-electron chi connectivity index (χ4n) is 2.55. The molecular formula is C18H14N6O2S. The van der Waals surface area contributed by atoms with E-state index in [1.54, 1.807) is 30.6 Å². The van der Waals surface area contributed by atoms with Crippen molar-refractivity contribution in [3.8, 4) is 16.3 Å². The molecule has 0 aliphatic heterocycles. The quantitative estimate of drug-likeness (QED) is 0.495. The second-order valence-corrected chi connectivity index (χ2v) is 6.70.